The average Bonchev–Trinajstić information content (AvgIpc) is 2.53. The van der Waals surface area contributed by atoms with Gasteiger partial charge in [0.05, 0.1) is 12.2 Å². The summed E-state index contributed by atoms with van der Waals surface area (Å²) >= 11 is 0. The highest BCUT2D eigenvalue weighted by atomic mass is 16.5. The molecule has 0 aromatic carbocycles. The van der Waals surface area contributed by atoms with Gasteiger partial charge in [0, 0.05) is 13.5 Å². The van der Waals surface area contributed by atoms with Gasteiger partial charge in [0.25, 0.3) is 0 Å². The smallest absolute Gasteiger partial charge is 0.303 e. The normalized spacial score (nSPS) is 13.9. The fraction of sp³-hybridized carbons (Fsp3) is 0.947. The summed E-state index contributed by atoms with van der Waals surface area (Å²) in [5.41, 5.74) is 0. The highest BCUT2D eigenvalue weighted by molar-refractivity contribution is 5.66. The van der Waals surface area contributed by atoms with E-state index < -0.39 is 5.97 Å². The maximum atomic E-state index is 10.4. The third-order valence-corrected chi connectivity index (χ3v) is 4.46. The quantitative estimate of drug-likeness (QED) is 0.371. The summed E-state index contributed by atoms with van der Waals surface area (Å²) in [7, 11) is 1.65. The van der Waals surface area contributed by atoms with E-state index >= 15 is 0 Å². The van der Waals surface area contributed by atoms with Crippen LogP contribution in [-0.2, 0) is 9.53 Å². The van der Waals surface area contributed by atoms with Gasteiger partial charge in [0.2, 0.25) is 0 Å². The average molecular weight is 331 g/mol. The Bertz CT molecular complexity index is 268. The molecule has 2 N–H and O–H groups in total. The van der Waals surface area contributed by atoms with Gasteiger partial charge in [-0.15, -0.1) is 0 Å². The van der Waals surface area contributed by atoms with Crippen molar-refractivity contribution < 1.29 is 19.7 Å². The minimum absolute atomic E-state index is 0.107. The van der Waals surface area contributed by atoms with Crippen LogP contribution in [0.3, 0.4) is 0 Å². The lowest BCUT2D eigenvalue weighted by Crippen LogP contribution is -2.28. The summed E-state index contributed by atoms with van der Waals surface area (Å²) < 4.78 is 5.40. The zero-order chi connectivity index (χ0) is 17.3. The largest absolute Gasteiger partial charge is 0.481 e. The Hall–Kier alpha value is -0.610. The number of hydrogen-bond donors (Lipinski definition) is 2. The van der Waals surface area contributed by atoms with Gasteiger partial charge in [-0.05, 0) is 19.3 Å². The first kappa shape index (κ1) is 22.4. The van der Waals surface area contributed by atoms with E-state index in [0.29, 0.717) is 6.42 Å². The van der Waals surface area contributed by atoms with Crippen LogP contribution in [0.5, 0.6) is 0 Å². The van der Waals surface area contributed by atoms with Crippen LogP contribution >= 0.6 is 0 Å². The van der Waals surface area contributed by atoms with Gasteiger partial charge in [-0.25, -0.2) is 0 Å². The van der Waals surface area contributed by atoms with Crippen LogP contribution < -0.4 is 0 Å². The lowest BCUT2D eigenvalue weighted by atomic mass is 9.99. The molecule has 0 radical (unpaired) electrons. The molecule has 0 fully saturated rings. The van der Waals surface area contributed by atoms with E-state index in [1.807, 2.05) is 0 Å². The van der Waals surface area contributed by atoms with Gasteiger partial charge in [-0.2, -0.15) is 0 Å². The van der Waals surface area contributed by atoms with E-state index in [2.05, 4.69) is 6.92 Å². The number of aliphatic hydroxyl groups is 1. The maximum absolute atomic E-state index is 10.4. The van der Waals surface area contributed by atoms with Crippen LogP contribution in [0.2, 0.25) is 0 Å². The number of hydrogen-bond acceptors (Lipinski definition) is 3. The van der Waals surface area contributed by atoms with Crippen molar-refractivity contribution in [3.8, 4) is 0 Å². The van der Waals surface area contributed by atoms with Crippen LogP contribution in [0, 0.1) is 0 Å². The third-order valence-electron chi connectivity index (χ3n) is 4.46. The van der Waals surface area contributed by atoms with Crippen LogP contribution in [0.1, 0.15) is 96.8 Å². The standard InChI is InChI=1S/C19H38O4/c1-3-4-5-6-7-8-9-11-14-17(20)18(23-2)15-12-10-13-16-19(21)22/h17-18,20H,3-16H2,1-2H3,(H,21,22). The highest BCUT2D eigenvalue weighted by Gasteiger charge is 2.17. The molecular weight excluding hydrogens is 292 g/mol. The SMILES string of the molecule is CCCCCCCCCCC(O)C(CCCCCC(=O)O)OC. The second-order valence-electron chi connectivity index (χ2n) is 6.60. The molecule has 0 bridgehead atoms. The first-order chi connectivity index (χ1) is 11.1. The zero-order valence-electron chi connectivity index (χ0n) is 15.3. The zero-order valence-corrected chi connectivity index (χ0v) is 15.3. The molecule has 0 amide bonds. The summed E-state index contributed by atoms with van der Waals surface area (Å²) in [6.45, 7) is 2.24. The van der Waals surface area contributed by atoms with E-state index in [1.54, 1.807) is 7.11 Å². The molecular formula is C19H38O4. The second kappa shape index (κ2) is 16.3. The Morgan fingerprint density at radius 3 is 1.96 bits per heavy atom. The molecule has 0 aliphatic rings. The number of methoxy groups -OCH3 is 1. The van der Waals surface area contributed by atoms with E-state index in [0.717, 1.165) is 32.1 Å². The van der Waals surface area contributed by atoms with Crippen molar-refractivity contribution in [1.82, 2.24) is 0 Å². The molecule has 0 aromatic heterocycles. The number of aliphatic hydroxyl groups excluding tert-OH is 1. The van der Waals surface area contributed by atoms with Crippen molar-refractivity contribution in [2.45, 2.75) is 109 Å². The van der Waals surface area contributed by atoms with Crippen molar-refractivity contribution >= 4 is 5.97 Å². The van der Waals surface area contributed by atoms with E-state index in [-0.39, 0.29) is 18.6 Å². The Kier molecular flexibility index (Phi) is 15.8. The van der Waals surface area contributed by atoms with Crippen LogP contribution in [0.15, 0.2) is 0 Å². The van der Waals surface area contributed by atoms with E-state index in [1.165, 1.54) is 44.9 Å². The van der Waals surface area contributed by atoms with Crippen LogP contribution in [-0.4, -0.2) is 35.5 Å². The Labute approximate surface area is 142 Å². The molecule has 0 saturated carbocycles. The predicted octanol–water partition coefficient (Wildman–Crippen LogP) is 4.93. The summed E-state index contributed by atoms with van der Waals surface area (Å²) in [5.74, 6) is -0.733. The van der Waals surface area contributed by atoms with Gasteiger partial charge in [0.1, 0.15) is 0 Å². The molecule has 4 heteroatoms. The molecule has 2 unspecified atom stereocenters. The predicted molar refractivity (Wildman–Crippen MR) is 94.8 cm³/mol. The Balaban J connectivity index is 3.56. The molecule has 0 aromatic rings. The molecule has 2 atom stereocenters. The number of carbonyl (C=O) groups is 1. The van der Waals surface area contributed by atoms with Crippen molar-refractivity contribution in [2.75, 3.05) is 7.11 Å². The molecule has 138 valence electrons. The molecule has 0 saturated heterocycles. The minimum Gasteiger partial charge on any atom is -0.481 e. The molecule has 0 aliphatic heterocycles. The van der Waals surface area contributed by atoms with Gasteiger partial charge in [-0.1, -0.05) is 71.1 Å². The Morgan fingerprint density at radius 1 is 0.870 bits per heavy atom. The topological polar surface area (TPSA) is 66.8 Å². The number of rotatable bonds is 17. The van der Waals surface area contributed by atoms with E-state index in [9.17, 15) is 9.90 Å². The first-order valence-corrected chi connectivity index (χ1v) is 9.54. The van der Waals surface area contributed by atoms with Crippen molar-refractivity contribution in [2.24, 2.45) is 0 Å². The van der Waals surface area contributed by atoms with Crippen molar-refractivity contribution in [3.63, 3.8) is 0 Å². The van der Waals surface area contributed by atoms with Crippen molar-refractivity contribution in [1.29, 1.82) is 0 Å². The summed E-state index contributed by atoms with van der Waals surface area (Å²) in [5, 5.41) is 18.8. The fourth-order valence-corrected chi connectivity index (χ4v) is 2.94. The molecule has 0 spiro atoms. The molecule has 0 aliphatic carbocycles. The number of ether oxygens (including phenoxy) is 1. The van der Waals surface area contributed by atoms with Gasteiger partial charge in [-0.3, -0.25) is 4.79 Å². The molecule has 0 heterocycles. The molecule has 4 nitrogen and oxygen atoms in total. The second-order valence-corrected chi connectivity index (χ2v) is 6.60. The summed E-state index contributed by atoms with van der Waals surface area (Å²) in [6.07, 6.45) is 14.0. The summed E-state index contributed by atoms with van der Waals surface area (Å²) in [6, 6.07) is 0. The van der Waals surface area contributed by atoms with E-state index in [4.69, 9.17) is 9.84 Å². The molecule has 0 rings (SSSR count). The van der Waals surface area contributed by atoms with Crippen LogP contribution in [0.25, 0.3) is 0 Å². The lowest BCUT2D eigenvalue weighted by Gasteiger charge is -2.21. The van der Waals surface area contributed by atoms with Gasteiger partial charge < -0.3 is 14.9 Å². The number of carboxylic acid groups (broad SMARTS) is 1. The number of unbranched alkanes of at least 4 members (excludes halogenated alkanes) is 9. The Morgan fingerprint density at radius 2 is 1.39 bits per heavy atom. The van der Waals surface area contributed by atoms with Gasteiger partial charge >= 0.3 is 5.97 Å². The first-order valence-electron chi connectivity index (χ1n) is 9.54. The van der Waals surface area contributed by atoms with Crippen LogP contribution in [0.4, 0.5) is 0 Å². The third kappa shape index (κ3) is 14.7. The number of carboxylic acids is 1. The minimum atomic E-state index is -0.733. The lowest BCUT2D eigenvalue weighted by molar-refractivity contribution is -0.137. The van der Waals surface area contributed by atoms with Crippen molar-refractivity contribution in [3.05, 3.63) is 0 Å². The molecule has 23 heavy (non-hydrogen) atoms. The fourth-order valence-electron chi connectivity index (χ4n) is 2.94. The number of aliphatic carboxylic acids is 1. The van der Waals surface area contributed by atoms with Gasteiger partial charge in [0.15, 0.2) is 0 Å². The monoisotopic (exact) mass is 330 g/mol. The summed E-state index contributed by atoms with van der Waals surface area (Å²) in [4.78, 5) is 10.4. The highest BCUT2D eigenvalue weighted by Crippen LogP contribution is 2.16. The maximum Gasteiger partial charge on any atom is 0.303 e.